The topological polar surface area (TPSA) is 92.6 Å². The average molecular weight is 298 g/mol. The van der Waals surface area contributed by atoms with Gasteiger partial charge in [-0.05, 0) is 19.1 Å². The Bertz CT molecular complexity index is 786. The first-order chi connectivity index (χ1) is 9.50. The summed E-state index contributed by atoms with van der Waals surface area (Å²) in [5.74, 6) is -0.602. The highest BCUT2D eigenvalue weighted by atomic mass is 32.2. The molecule has 0 amide bonds. The lowest BCUT2D eigenvalue weighted by atomic mass is 10.2. The summed E-state index contributed by atoms with van der Waals surface area (Å²) in [7, 11) is -3.56. The number of H-pyrrole nitrogens is 1. The molecule has 7 nitrogen and oxygen atoms in total. The van der Waals surface area contributed by atoms with Gasteiger partial charge in [-0.15, -0.1) is 0 Å². The number of hydrogen-bond acceptors (Lipinski definition) is 5. The van der Waals surface area contributed by atoms with Crippen LogP contribution in [-0.2, 0) is 14.8 Å². The fraction of sp³-hybridized carbons (Fsp3) is 0.417. The lowest BCUT2D eigenvalue weighted by molar-refractivity contribution is -0.0135. The maximum atomic E-state index is 12.4. The molecule has 1 aliphatic heterocycles. The van der Waals surface area contributed by atoms with Crippen molar-refractivity contribution in [2.45, 2.75) is 17.9 Å². The normalized spacial score (nSPS) is 17.4. The Balaban J connectivity index is 1.88. The van der Waals surface area contributed by atoms with E-state index in [-0.39, 0.29) is 16.6 Å². The highest BCUT2D eigenvalue weighted by molar-refractivity contribution is 7.89. The van der Waals surface area contributed by atoms with Crippen LogP contribution in [0.5, 0.6) is 0 Å². The van der Waals surface area contributed by atoms with E-state index in [0.717, 1.165) is 0 Å². The summed E-state index contributed by atoms with van der Waals surface area (Å²) in [6, 6.07) is 4.33. The minimum atomic E-state index is -3.56. The molecule has 1 saturated heterocycles. The molecule has 0 aliphatic carbocycles. The molecule has 1 aromatic carbocycles. The van der Waals surface area contributed by atoms with Gasteiger partial charge in [-0.1, -0.05) is 0 Å². The molecule has 0 radical (unpaired) electrons. The molecule has 8 heteroatoms. The highest BCUT2D eigenvalue weighted by Gasteiger charge is 2.37. The molecule has 1 N–H and O–H groups in total. The SMILES string of the molecule is CCOC1CN(S(=O)(=O)c2ccc3[nH]c(=O)oc3c2)C1. The smallest absolute Gasteiger partial charge is 0.408 e. The lowest BCUT2D eigenvalue weighted by Gasteiger charge is -2.37. The molecular formula is C12H14N2O5S. The standard InChI is InChI=1S/C12H14N2O5S/c1-2-18-8-6-14(7-8)20(16,17)9-3-4-10-11(5-9)19-12(15)13-10/h3-5,8H,2,6-7H2,1H3,(H,13,15). The van der Waals surface area contributed by atoms with E-state index in [4.69, 9.17) is 9.15 Å². The van der Waals surface area contributed by atoms with Gasteiger partial charge in [0.25, 0.3) is 0 Å². The zero-order valence-corrected chi connectivity index (χ0v) is 11.6. The fourth-order valence-electron chi connectivity index (χ4n) is 2.17. The number of aromatic nitrogens is 1. The number of rotatable bonds is 4. The van der Waals surface area contributed by atoms with E-state index in [0.29, 0.717) is 25.2 Å². The number of benzene rings is 1. The van der Waals surface area contributed by atoms with Gasteiger partial charge < -0.3 is 9.15 Å². The monoisotopic (exact) mass is 298 g/mol. The van der Waals surface area contributed by atoms with Crippen LogP contribution in [0.25, 0.3) is 11.1 Å². The summed E-state index contributed by atoms with van der Waals surface area (Å²) >= 11 is 0. The molecular weight excluding hydrogens is 284 g/mol. The molecule has 0 saturated carbocycles. The van der Waals surface area contributed by atoms with E-state index in [1.54, 1.807) is 0 Å². The number of aromatic amines is 1. The summed E-state index contributed by atoms with van der Waals surface area (Å²) in [5, 5.41) is 0. The van der Waals surface area contributed by atoms with Crippen molar-refractivity contribution in [3.05, 3.63) is 28.7 Å². The third kappa shape index (κ3) is 2.15. The van der Waals surface area contributed by atoms with Gasteiger partial charge in [0, 0.05) is 25.8 Å². The maximum absolute atomic E-state index is 12.4. The van der Waals surface area contributed by atoms with Gasteiger partial charge in [0.05, 0.1) is 16.5 Å². The third-order valence-corrected chi connectivity index (χ3v) is 5.07. The lowest BCUT2D eigenvalue weighted by Crippen LogP contribution is -2.54. The molecule has 0 atom stereocenters. The molecule has 3 rings (SSSR count). The Hall–Kier alpha value is -1.64. The van der Waals surface area contributed by atoms with Crippen LogP contribution >= 0.6 is 0 Å². The fourth-order valence-corrected chi connectivity index (χ4v) is 3.69. The van der Waals surface area contributed by atoms with Crippen LogP contribution < -0.4 is 5.76 Å². The van der Waals surface area contributed by atoms with Gasteiger partial charge in [-0.25, -0.2) is 13.2 Å². The Morgan fingerprint density at radius 2 is 2.20 bits per heavy atom. The summed E-state index contributed by atoms with van der Waals surface area (Å²) in [5.41, 5.74) is 0.711. The first-order valence-corrected chi connectivity index (χ1v) is 7.69. The molecule has 0 unspecified atom stereocenters. The second-order valence-electron chi connectivity index (χ2n) is 4.57. The Morgan fingerprint density at radius 3 is 2.90 bits per heavy atom. The van der Waals surface area contributed by atoms with Crippen LogP contribution in [0.4, 0.5) is 0 Å². The quantitative estimate of drug-likeness (QED) is 0.889. The Kier molecular flexibility index (Phi) is 3.15. The molecule has 0 bridgehead atoms. The Morgan fingerprint density at radius 1 is 1.45 bits per heavy atom. The molecule has 2 heterocycles. The van der Waals surface area contributed by atoms with Crippen LogP contribution in [0.2, 0.25) is 0 Å². The predicted octanol–water partition coefficient (Wildman–Crippen LogP) is 0.530. The third-order valence-electron chi connectivity index (χ3n) is 3.25. The van der Waals surface area contributed by atoms with Crippen molar-refractivity contribution in [1.82, 2.24) is 9.29 Å². The first-order valence-electron chi connectivity index (χ1n) is 6.25. The van der Waals surface area contributed by atoms with E-state index in [2.05, 4.69) is 4.98 Å². The minimum absolute atomic E-state index is 0.0382. The molecule has 1 aromatic heterocycles. The number of nitrogens with zero attached hydrogens (tertiary/aromatic N) is 1. The van der Waals surface area contributed by atoms with Crippen LogP contribution in [0.1, 0.15) is 6.92 Å². The van der Waals surface area contributed by atoms with Gasteiger partial charge in [0.2, 0.25) is 10.0 Å². The summed E-state index contributed by atoms with van der Waals surface area (Å²) in [4.78, 5) is 13.6. The van der Waals surface area contributed by atoms with Crippen LogP contribution in [0.3, 0.4) is 0 Å². The van der Waals surface area contributed by atoms with Crippen LogP contribution in [0, 0.1) is 0 Å². The van der Waals surface area contributed by atoms with Crippen molar-refractivity contribution in [1.29, 1.82) is 0 Å². The summed E-state index contributed by atoms with van der Waals surface area (Å²) in [6.07, 6.45) is -0.0382. The van der Waals surface area contributed by atoms with E-state index in [1.807, 2.05) is 6.92 Å². The van der Waals surface area contributed by atoms with Crippen molar-refractivity contribution in [3.8, 4) is 0 Å². The van der Waals surface area contributed by atoms with Gasteiger partial charge in [-0.2, -0.15) is 4.31 Å². The number of fused-ring (bicyclic) bond motifs is 1. The molecule has 1 aliphatic rings. The summed E-state index contributed by atoms with van der Waals surface area (Å²) < 4.78 is 36.3. The molecule has 20 heavy (non-hydrogen) atoms. The average Bonchev–Trinajstić information content (AvgIpc) is 2.71. The zero-order chi connectivity index (χ0) is 14.3. The number of nitrogens with one attached hydrogen (secondary N) is 1. The van der Waals surface area contributed by atoms with E-state index in [9.17, 15) is 13.2 Å². The first kappa shape index (κ1) is 13.3. The molecule has 108 valence electrons. The van der Waals surface area contributed by atoms with E-state index >= 15 is 0 Å². The number of oxazole rings is 1. The van der Waals surface area contributed by atoms with Gasteiger partial charge in [0.15, 0.2) is 5.58 Å². The van der Waals surface area contributed by atoms with Crippen molar-refractivity contribution < 1.29 is 17.6 Å². The van der Waals surface area contributed by atoms with Crippen molar-refractivity contribution in [2.75, 3.05) is 19.7 Å². The highest BCUT2D eigenvalue weighted by Crippen LogP contribution is 2.25. The maximum Gasteiger partial charge on any atom is 0.417 e. The zero-order valence-electron chi connectivity index (χ0n) is 10.8. The second kappa shape index (κ2) is 4.72. The number of hydrogen-bond donors (Lipinski definition) is 1. The van der Waals surface area contributed by atoms with E-state index in [1.165, 1.54) is 22.5 Å². The van der Waals surface area contributed by atoms with Crippen LogP contribution in [-0.4, -0.2) is 43.5 Å². The van der Waals surface area contributed by atoms with Gasteiger partial charge in [-0.3, -0.25) is 4.98 Å². The molecule has 2 aromatic rings. The van der Waals surface area contributed by atoms with Crippen molar-refractivity contribution in [2.24, 2.45) is 0 Å². The second-order valence-corrected chi connectivity index (χ2v) is 6.51. The molecule has 0 spiro atoms. The predicted molar refractivity (Wildman–Crippen MR) is 71.0 cm³/mol. The Labute approximate surface area is 115 Å². The van der Waals surface area contributed by atoms with E-state index < -0.39 is 15.8 Å². The van der Waals surface area contributed by atoms with Gasteiger partial charge in [0.1, 0.15) is 0 Å². The van der Waals surface area contributed by atoms with Gasteiger partial charge >= 0.3 is 5.76 Å². The van der Waals surface area contributed by atoms with Crippen LogP contribution in [0.15, 0.2) is 32.3 Å². The van der Waals surface area contributed by atoms with Crippen molar-refractivity contribution >= 4 is 21.1 Å². The molecule has 1 fully saturated rings. The largest absolute Gasteiger partial charge is 0.417 e. The number of sulfonamides is 1. The van der Waals surface area contributed by atoms with Crippen molar-refractivity contribution in [3.63, 3.8) is 0 Å². The summed E-state index contributed by atoms with van der Waals surface area (Å²) in [6.45, 7) is 3.15. The number of ether oxygens (including phenoxy) is 1. The minimum Gasteiger partial charge on any atom is -0.408 e.